The van der Waals surface area contributed by atoms with Gasteiger partial charge in [-0.3, -0.25) is 20.4 Å². The molecule has 6 heteroatoms. The van der Waals surface area contributed by atoms with Crippen molar-refractivity contribution in [3.05, 3.63) is 34.1 Å². The number of hydrogen-bond donors (Lipinski definition) is 2. The van der Waals surface area contributed by atoms with Crippen LogP contribution in [0.3, 0.4) is 0 Å². The summed E-state index contributed by atoms with van der Waals surface area (Å²) in [4.78, 5) is 13.7. The largest absolute Gasteiger partial charge is 0.318 e. The Morgan fingerprint density at radius 2 is 2.38 bits per heavy atom. The van der Waals surface area contributed by atoms with E-state index in [0.29, 0.717) is 13.2 Å². The van der Waals surface area contributed by atoms with E-state index in [0.717, 1.165) is 5.69 Å². The minimum absolute atomic E-state index is 0.00324. The van der Waals surface area contributed by atoms with Crippen molar-refractivity contribution < 1.29 is 4.92 Å². The van der Waals surface area contributed by atoms with E-state index in [1.54, 1.807) is 6.07 Å². The van der Waals surface area contributed by atoms with E-state index < -0.39 is 4.92 Å². The van der Waals surface area contributed by atoms with E-state index in [-0.39, 0.29) is 5.69 Å². The van der Waals surface area contributed by atoms with E-state index in [9.17, 15) is 10.1 Å². The van der Waals surface area contributed by atoms with Gasteiger partial charge in [0.1, 0.15) is 6.20 Å². The number of nitrogens with zero attached hydrogens (tertiary/aromatic N) is 2. The molecule has 1 rings (SSSR count). The molecule has 0 aliphatic rings. The van der Waals surface area contributed by atoms with Crippen molar-refractivity contribution in [2.45, 2.75) is 6.54 Å². The van der Waals surface area contributed by atoms with Gasteiger partial charge in [-0.05, 0) is 6.07 Å². The minimum Gasteiger partial charge on any atom is -0.318 e. The van der Waals surface area contributed by atoms with Crippen LogP contribution in [0.1, 0.15) is 5.69 Å². The second kappa shape index (κ2) is 4.48. The van der Waals surface area contributed by atoms with Crippen LogP contribution >= 0.6 is 0 Å². The zero-order valence-electron chi connectivity index (χ0n) is 6.93. The average molecular weight is 182 g/mol. The standard InChI is InChI=1S/C7H10N4O2/c8-5-9-3-6-1-2-7(4-10-6)11(12)13/h1-2,4,9H,3,5,8H2. The second-order valence-electron chi connectivity index (χ2n) is 2.40. The van der Waals surface area contributed by atoms with Crippen LogP contribution in [-0.2, 0) is 6.54 Å². The Labute approximate surface area is 74.9 Å². The fourth-order valence-electron chi connectivity index (χ4n) is 0.829. The Morgan fingerprint density at radius 1 is 1.62 bits per heavy atom. The molecule has 0 bridgehead atoms. The van der Waals surface area contributed by atoms with Crippen LogP contribution < -0.4 is 11.1 Å². The number of nitrogens with one attached hydrogen (secondary N) is 1. The molecule has 1 aromatic heterocycles. The van der Waals surface area contributed by atoms with Crippen molar-refractivity contribution in [2.24, 2.45) is 5.73 Å². The lowest BCUT2D eigenvalue weighted by molar-refractivity contribution is -0.385. The van der Waals surface area contributed by atoms with Gasteiger partial charge in [-0.2, -0.15) is 0 Å². The average Bonchev–Trinajstić information content (AvgIpc) is 2.15. The highest BCUT2D eigenvalue weighted by atomic mass is 16.6. The maximum Gasteiger partial charge on any atom is 0.287 e. The second-order valence-corrected chi connectivity index (χ2v) is 2.40. The predicted molar refractivity (Wildman–Crippen MR) is 46.8 cm³/mol. The summed E-state index contributed by atoms with van der Waals surface area (Å²) in [5, 5.41) is 13.1. The molecule has 0 saturated carbocycles. The van der Waals surface area contributed by atoms with E-state index in [4.69, 9.17) is 5.73 Å². The van der Waals surface area contributed by atoms with Crippen LogP contribution in [0.2, 0.25) is 0 Å². The number of hydrogen-bond acceptors (Lipinski definition) is 5. The summed E-state index contributed by atoms with van der Waals surface area (Å²) in [7, 11) is 0. The van der Waals surface area contributed by atoms with Crippen LogP contribution in [0.15, 0.2) is 18.3 Å². The zero-order chi connectivity index (χ0) is 9.68. The summed E-state index contributed by atoms with van der Waals surface area (Å²) in [5.74, 6) is 0. The predicted octanol–water partition coefficient (Wildman–Crippen LogP) is -0.00440. The molecular formula is C7H10N4O2. The van der Waals surface area contributed by atoms with Crippen molar-refractivity contribution >= 4 is 5.69 Å². The van der Waals surface area contributed by atoms with Crippen molar-refractivity contribution in [1.29, 1.82) is 0 Å². The molecule has 0 aliphatic carbocycles. The number of nitrogens with two attached hydrogens (primary N) is 1. The first-order valence-electron chi connectivity index (χ1n) is 3.74. The van der Waals surface area contributed by atoms with Gasteiger partial charge in [0, 0.05) is 19.3 Å². The van der Waals surface area contributed by atoms with Crippen molar-refractivity contribution in [3.63, 3.8) is 0 Å². The minimum atomic E-state index is -0.479. The fourth-order valence-corrected chi connectivity index (χ4v) is 0.829. The number of pyridine rings is 1. The van der Waals surface area contributed by atoms with Gasteiger partial charge < -0.3 is 5.73 Å². The lowest BCUT2D eigenvalue weighted by Crippen LogP contribution is -2.21. The SMILES string of the molecule is NCNCc1ccc([N+](=O)[O-])cn1. The first kappa shape index (κ1) is 9.56. The van der Waals surface area contributed by atoms with Gasteiger partial charge in [0.25, 0.3) is 5.69 Å². The molecule has 0 unspecified atom stereocenters. The zero-order valence-corrected chi connectivity index (χ0v) is 6.93. The van der Waals surface area contributed by atoms with Gasteiger partial charge >= 0.3 is 0 Å². The van der Waals surface area contributed by atoms with Crippen LogP contribution in [0.25, 0.3) is 0 Å². The molecule has 0 aliphatic heterocycles. The summed E-state index contributed by atoms with van der Waals surface area (Å²) < 4.78 is 0. The first-order chi connectivity index (χ1) is 6.24. The van der Waals surface area contributed by atoms with E-state index in [2.05, 4.69) is 10.3 Å². The van der Waals surface area contributed by atoms with Crippen LogP contribution in [-0.4, -0.2) is 16.6 Å². The molecule has 13 heavy (non-hydrogen) atoms. The molecule has 0 atom stereocenters. The Balaban J connectivity index is 2.64. The van der Waals surface area contributed by atoms with Gasteiger partial charge in [0.15, 0.2) is 0 Å². The highest BCUT2D eigenvalue weighted by Gasteiger charge is 2.04. The molecule has 0 radical (unpaired) electrons. The first-order valence-corrected chi connectivity index (χ1v) is 3.74. The van der Waals surface area contributed by atoms with Gasteiger partial charge in [-0.1, -0.05) is 0 Å². The molecule has 1 heterocycles. The topological polar surface area (TPSA) is 94.1 Å². The smallest absolute Gasteiger partial charge is 0.287 e. The quantitative estimate of drug-likeness (QED) is 0.388. The highest BCUT2D eigenvalue weighted by Crippen LogP contribution is 2.08. The van der Waals surface area contributed by atoms with Crippen LogP contribution in [0.4, 0.5) is 5.69 Å². The Morgan fingerprint density at radius 3 is 2.85 bits per heavy atom. The molecule has 0 spiro atoms. The van der Waals surface area contributed by atoms with Crippen molar-refractivity contribution in [3.8, 4) is 0 Å². The summed E-state index contributed by atoms with van der Waals surface area (Å²) in [6.07, 6.45) is 1.23. The third kappa shape index (κ3) is 2.77. The fraction of sp³-hybridized carbons (Fsp3) is 0.286. The monoisotopic (exact) mass is 182 g/mol. The molecule has 6 nitrogen and oxygen atoms in total. The molecule has 70 valence electrons. The third-order valence-corrected chi connectivity index (χ3v) is 1.47. The third-order valence-electron chi connectivity index (χ3n) is 1.47. The molecule has 0 aromatic carbocycles. The highest BCUT2D eigenvalue weighted by molar-refractivity contribution is 5.26. The Hall–Kier alpha value is -1.53. The Kier molecular flexibility index (Phi) is 3.30. The molecule has 0 amide bonds. The normalized spacial score (nSPS) is 9.92. The van der Waals surface area contributed by atoms with E-state index in [1.165, 1.54) is 12.3 Å². The molecule has 3 N–H and O–H groups in total. The summed E-state index contributed by atoms with van der Waals surface area (Å²) >= 11 is 0. The number of rotatable bonds is 4. The van der Waals surface area contributed by atoms with Gasteiger partial charge in [-0.15, -0.1) is 0 Å². The van der Waals surface area contributed by atoms with Gasteiger partial charge in [0.05, 0.1) is 10.6 Å². The summed E-state index contributed by atoms with van der Waals surface area (Å²) in [6.45, 7) is 0.882. The van der Waals surface area contributed by atoms with E-state index in [1.807, 2.05) is 0 Å². The molecule has 0 fully saturated rings. The molecule has 1 aromatic rings. The Bertz CT molecular complexity index is 285. The summed E-state index contributed by atoms with van der Waals surface area (Å²) in [6, 6.07) is 3.02. The van der Waals surface area contributed by atoms with Crippen molar-refractivity contribution in [2.75, 3.05) is 6.67 Å². The molecular weight excluding hydrogens is 172 g/mol. The maximum absolute atomic E-state index is 10.3. The number of nitro groups is 1. The molecule has 0 saturated heterocycles. The van der Waals surface area contributed by atoms with Crippen LogP contribution in [0.5, 0.6) is 0 Å². The number of aromatic nitrogens is 1. The van der Waals surface area contributed by atoms with Crippen molar-refractivity contribution in [1.82, 2.24) is 10.3 Å². The van der Waals surface area contributed by atoms with E-state index >= 15 is 0 Å². The van der Waals surface area contributed by atoms with Gasteiger partial charge in [-0.25, -0.2) is 0 Å². The lowest BCUT2D eigenvalue weighted by atomic mass is 10.3. The van der Waals surface area contributed by atoms with Gasteiger partial charge in [0.2, 0.25) is 0 Å². The van der Waals surface area contributed by atoms with Crippen LogP contribution in [0, 0.1) is 10.1 Å². The summed E-state index contributed by atoms with van der Waals surface area (Å²) in [5.41, 5.74) is 5.94. The lowest BCUT2D eigenvalue weighted by Gasteiger charge is -1.99. The maximum atomic E-state index is 10.3.